The van der Waals surface area contributed by atoms with Crippen LogP contribution in [0.1, 0.15) is 5.56 Å². The maximum Gasteiger partial charge on any atom is 0.221 e. The quantitative estimate of drug-likeness (QED) is 0.706. The monoisotopic (exact) mass is 189 g/mol. The summed E-state index contributed by atoms with van der Waals surface area (Å²) in [6.07, 6.45) is 2.63. The van der Waals surface area contributed by atoms with E-state index in [1.165, 1.54) is 0 Å². The van der Waals surface area contributed by atoms with Crippen LogP contribution in [-0.4, -0.2) is 27.3 Å². The lowest BCUT2D eigenvalue weighted by Gasteiger charge is -2.01. The van der Waals surface area contributed by atoms with Gasteiger partial charge in [0.05, 0.1) is 13.7 Å². The first-order valence-corrected chi connectivity index (χ1v) is 4.15. The van der Waals surface area contributed by atoms with Crippen molar-refractivity contribution in [3.8, 4) is 5.75 Å². The highest BCUT2D eigenvalue weighted by Gasteiger charge is 1.97. The molecular formula is C9H9N4O. The zero-order chi connectivity index (χ0) is 9.80. The second-order valence-electron chi connectivity index (χ2n) is 2.78. The van der Waals surface area contributed by atoms with Gasteiger partial charge in [-0.05, 0) is 28.1 Å². The molecule has 0 saturated carbocycles. The van der Waals surface area contributed by atoms with Crippen molar-refractivity contribution < 1.29 is 4.74 Å². The zero-order valence-corrected chi connectivity index (χ0v) is 7.71. The molecule has 0 amide bonds. The molecule has 0 saturated heterocycles. The summed E-state index contributed by atoms with van der Waals surface area (Å²) in [6.45, 7) is 0.622. The Morgan fingerprint density at radius 3 is 2.71 bits per heavy atom. The number of ether oxygens (including phenoxy) is 1. The number of nitrogens with zero attached hydrogens (tertiary/aromatic N) is 4. The number of tetrazole rings is 1. The van der Waals surface area contributed by atoms with Crippen molar-refractivity contribution >= 4 is 0 Å². The smallest absolute Gasteiger partial charge is 0.221 e. The molecule has 5 nitrogen and oxygen atoms in total. The van der Waals surface area contributed by atoms with Gasteiger partial charge < -0.3 is 4.74 Å². The summed E-state index contributed by atoms with van der Waals surface area (Å²) < 4.78 is 6.59. The highest BCUT2D eigenvalue weighted by atomic mass is 16.5. The molecule has 0 bridgehead atoms. The third-order valence-corrected chi connectivity index (χ3v) is 1.84. The Balaban J connectivity index is 2.10. The molecule has 1 aromatic carbocycles. The molecule has 0 aliphatic rings. The first-order valence-electron chi connectivity index (χ1n) is 4.15. The second kappa shape index (κ2) is 3.87. The SMILES string of the molecule is COc1ccc(Cn2[c]nnn2)cc1. The summed E-state index contributed by atoms with van der Waals surface area (Å²) in [4.78, 5) is 0. The molecule has 1 radical (unpaired) electrons. The van der Waals surface area contributed by atoms with Crippen LogP contribution in [0.2, 0.25) is 0 Å². The van der Waals surface area contributed by atoms with Crippen molar-refractivity contribution in [1.82, 2.24) is 20.2 Å². The van der Waals surface area contributed by atoms with E-state index in [-0.39, 0.29) is 0 Å². The lowest BCUT2D eigenvalue weighted by Crippen LogP contribution is -2.00. The molecule has 14 heavy (non-hydrogen) atoms. The van der Waals surface area contributed by atoms with Crippen molar-refractivity contribution in [2.24, 2.45) is 0 Å². The van der Waals surface area contributed by atoms with Gasteiger partial charge in [0.15, 0.2) is 0 Å². The first-order chi connectivity index (χ1) is 6.88. The van der Waals surface area contributed by atoms with Gasteiger partial charge in [0.25, 0.3) is 0 Å². The molecule has 0 N–H and O–H groups in total. The predicted octanol–water partition coefficient (Wildman–Crippen LogP) is 0.530. The van der Waals surface area contributed by atoms with Crippen molar-refractivity contribution in [1.29, 1.82) is 0 Å². The Morgan fingerprint density at radius 2 is 2.14 bits per heavy atom. The topological polar surface area (TPSA) is 52.8 Å². The van der Waals surface area contributed by atoms with Gasteiger partial charge in [-0.25, -0.2) is 4.68 Å². The zero-order valence-electron chi connectivity index (χ0n) is 7.71. The molecule has 0 aliphatic heterocycles. The van der Waals surface area contributed by atoms with Crippen LogP contribution in [0.25, 0.3) is 0 Å². The maximum atomic E-state index is 5.05. The number of aromatic nitrogens is 4. The van der Waals surface area contributed by atoms with E-state index in [0.29, 0.717) is 6.54 Å². The lowest BCUT2D eigenvalue weighted by molar-refractivity contribution is 0.414. The number of benzene rings is 1. The van der Waals surface area contributed by atoms with E-state index in [9.17, 15) is 0 Å². The van der Waals surface area contributed by atoms with E-state index in [1.54, 1.807) is 11.8 Å². The van der Waals surface area contributed by atoms with E-state index < -0.39 is 0 Å². The number of rotatable bonds is 3. The minimum atomic E-state index is 0.622. The lowest BCUT2D eigenvalue weighted by atomic mass is 10.2. The van der Waals surface area contributed by atoms with Gasteiger partial charge in [-0.1, -0.05) is 12.1 Å². The van der Waals surface area contributed by atoms with Gasteiger partial charge in [0.1, 0.15) is 5.75 Å². The average Bonchev–Trinajstić information content (AvgIpc) is 2.72. The van der Waals surface area contributed by atoms with Crippen LogP contribution >= 0.6 is 0 Å². The number of hydrogen-bond donors (Lipinski definition) is 0. The summed E-state index contributed by atoms with van der Waals surface area (Å²) in [7, 11) is 1.64. The van der Waals surface area contributed by atoms with Crippen LogP contribution in [0.4, 0.5) is 0 Å². The Bertz CT molecular complexity index is 382. The molecule has 1 heterocycles. The van der Waals surface area contributed by atoms with Gasteiger partial charge in [0, 0.05) is 0 Å². The molecule has 2 rings (SSSR count). The van der Waals surface area contributed by atoms with E-state index in [2.05, 4.69) is 21.9 Å². The molecule has 5 heteroatoms. The number of methoxy groups -OCH3 is 1. The first kappa shape index (κ1) is 8.68. The Kier molecular flexibility index (Phi) is 2.40. The van der Waals surface area contributed by atoms with E-state index >= 15 is 0 Å². The van der Waals surface area contributed by atoms with Gasteiger partial charge >= 0.3 is 0 Å². The van der Waals surface area contributed by atoms with E-state index in [4.69, 9.17) is 4.74 Å². The van der Waals surface area contributed by atoms with Gasteiger partial charge in [0.2, 0.25) is 6.33 Å². The third kappa shape index (κ3) is 1.87. The van der Waals surface area contributed by atoms with E-state index in [1.807, 2.05) is 24.3 Å². The average molecular weight is 189 g/mol. The van der Waals surface area contributed by atoms with Crippen LogP contribution in [0.5, 0.6) is 5.75 Å². The van der Waals surface area contributed by atoms with E-state index in [0.717, 1.165) is 11.3 Å². The Hall–Kier alpha value is -1.91. The highest BCUT2D eigenvalue weighted by Crippen LogP contribution is 2.11. The van der Waals surface area contributed by atoms with Crippen molar-refractivity contribution in [3.63, 3.8) is 0 Å². The molecule has 0 atom stereocenters. The maximum absolute atomic E-state index is 5.05. The molecule has 71 valence electrons. The normalized spacial score (nSPS) is 10.1. The molecule has 1 aromatic heterocycles. The Morgan fingerprint density at radius 1 is 1.36 bits per heavy atom. The van der Waals surface area contributed by atoms with Gasteiger partial charge in [-0.15, -0.1) is 5.10 Å². The minimum Gasteiger partial charge on any atom is -0.497 e. The summed E-state index contributed by atoms with van der Waals surface area (Å²) in [5, 5.41) is 10.7. The van der Waals surface area contributed by atoms with Gasteiger partial charge in [-0.3, -0.25) is 0 Å². The van der Waals surface area contributed by atoms with Crippen molar-refractivity contribution in [3.05, 3.63) is 36.2 Å². The fraction of sp³-hybridized carbons (Fsp3) is 0.222. The predicted molar refractivity (Wildman–Crippen MR) is 48.7 cm³/mol. The van der Waals surface area contributed by atoms with Crippen LogP contribution in [-0.2, 0) is 6.54 Å². The number of hydrogen-bond acceptors (Lipinski definition) is 4. The Labute approximate surface area is 81.3 Å². The molecule has 0 aliphatic carbocycles. The second-order valence-corrected chi connectivity index (χ2v) is 2.78. The van der Waals surface area contributed by atoms with Crippen molar-refractivity contribution in [2.45, 2.75) is 6.54 Å². The third-order valence-electron chi connectivity index (χ3n) is 1.84. The van der Waals surface area contributed by atoms with Crippen LogP contribution < -0.4 is 4.74 Å². The highest BCUT2D eigenvalue weighted by molar-refractivity contribution is 5.27. The molecule has 0 unspecified atom stereocenters. The van der Waals surface area contributed by atoms with Gasteiger partial charge in [-0.2, -0.15) is 0 Å². The minimum absolute atomic E-state index is 0.622. The summed E-state index contributed by atoms with van der Waals surface area (Å²) in [5.41, 5.74) is 1.11. The summed E-state index contributed by atoms with van der Waals surface area (Å²) in [6, 6.07) is 7.74. The summed E-state index contributed by atoms with van der Waals surface area (Å²) in [5.74, 6) is 0.842. The standard InChI is InChI=1S/C9H9N4O/c1-14-9-4-2-8(3-5-9)6-13-7-10-11-12-13/h2-5H,6H2,1H3. The molecule has 0 fully saturated rings. The largest absolute Gasteiger partial charge is 0.497 e. The molecule has 2 aromatic rings. The van der Waals surface area contributed by atoms with Crippen LogP contribution in [0.15, 0.2) is 24.3 Å². The fourth-order valence-electron chi connectivity index (χ4n) is 1.13. The summed E-state index contributed by atoms with van der Waals surface area (Å²) >= 11 is 0. The molecular weight excluding hydrogens is 180 g/mol. The van der Waals surface area contributed by atoms with Crippen LogP contribution in [0, 0.1) is 6.33 Å². The van der Waals surface area contributed by atoms with Crippen molar-refractivity contribution in [2.75, 3.05) is 7.11 Å². The fourth-order valence-corrected chi connectivity index (χ4v) is 1.13. The van der Waals surface area contributed by atoms with Crippen LogP contribution in [0.3, 0.4) is 0 Å². The molecule has 0 spiro atoms.